The number of nitrogens with zero attached hydrogens (tertiary/aromatic N) is 3. The van der Waals surface area contributed by atoms with Crippen molar-refractivity contribution in [1.29, 1.82) is 0 Å². The second-order valence-corrected chi connectivity index (χ2v) is 7.84. The van der Waals surface area contributed by atoms with Gasteiger partial charge in [-0.15, -0.1) is 11.3 Å². The van der Waals surface area contributed by atoms with Crippen LogP contribution in [0.5, 0.6) is 0 Å². The Kier molecular flexibility index (Phi) is 4.55. The van der Waals surface area contributed by atoms with E-state index in [-0.39, 0.29) is 35.8 Å². The monoisotopic (exact) mass is 389 g/mol. The first-order valence-corrected chi connectivity index (χ1v) is 9.84. The van der Waals surface area contributed by atoms with Crippen LogP contribution in [0.15, 0.2) is 22.4 Å². The summed E-state index contributed by atoms with van der Waals surface area (Å²) in [7, 11) is 0. The number of hydrogen-bond acceptors (Lipinski definition) is 7. The Morgan fingerprint density at radius 2 is 1.93 bits per heavy atom. The van der Waals surface area contributed by atoms with Gasteiger partial charge in [-0.25, -0.2) is 9.78 Å². The molecule has 0 bridgehead atoms. The van der Waals surface area contributed by atoms with Gasteiger partial charge in [0.2, 0.25) is 11.8 Å². The molecule has 2 aliphatic rings. The van der Waals surface area contributed by atoms with Crippen LogP contribution in [0.3, 0.4) is 0 Å². The van der Waals surface area contributed by atoms with Crippen LogP contribution in [0, 0.1) is 11.8 Å². The smallest absolute Gasteiger partial charge is 0.329 e. The van der Waals surface area contributed by atoms with E-state index in [4.69, 9.17) is 4.74 Å². The molecule has 0 spiro atoms. The minimum Gasteiger partial charge on any atom is -0.458 e. The van der Waals surface area contributed by atoms with E-state index in [2.05, 4.69) is 4.98 Å². The Bertz CT molecular complexity index is 957. The molecule has 142 valence electrons. The Hall–Kier alpha value is -2.55. The standard InChI is InChI=1S/C18H19N3O5S/c1-10(21-15(23)12-4-2-3-5-13(12)16(21)24)17(25)26-9-11-8-14(22)20-6-7-27-18(20)19-11/h6-8,10,12-13H,2-5,9H2,1H3/t10-,12-,13-/m0/s1. The number of likely N-dealkylation sites (tertiary alicyclic amines) is 1. The first-order chi connectivity index (χ1) is 13.0. The van der Waals surface area contributed by atoms with Gasteiger partial charge in [0.25, 0.3) is 5.56 Å². The predicted octanol–water partition coefficient (Wildman–Crippen LogP) is 1.36. The van der Waals surface area contributed by atoms with Gasteiger partial charge in [-0.2, -0.15) is 0 Å². The summed E-state index contributed by atoms with van der Waals surface area (Å²) in [6.45, 7) is 1.32. The highest BCUT2D eigenvalue weighted by Gasteiger charge is 2.51. The van der Waals surface area contributed by atoms with Crippen molar-refractivity contribution in [3.05, 3.63) is 33.7 Å². The molecular weight excluding hydrogens is 370 g/mol. The first kappa shape index (κ1) is 17.8. The molecule has 9 heteroatoms. The molecule has 2 fully saturated rings. The molecule has 2 aromatic rings. The number of amides is 2. The largest absolute Gasteiger partial charge is 0.458 e. The highest BCUT2D eigenvalue weighted by molar-refractivity contribution is 7.15. The maximum Gasteiger partial charge on any atom is 0.329 e. The van der Waals surface area contributed by atoms with Crippen LogP contribution in [-0.2, 0) is 25.7 Å². The van der Waals surface area contributed by atoms with Crippen LogP contribution < -0.4 is 5.56 Å². The van der Waals surface area contributed by atoms with Crippen molar-refractivity contribution in [3.63, 3.8) is 0 Å². The molecule has 2 amide bonds. The van der Waals surface area contributed by atoms with Crippen molar-refractivity contribution in [3.8, 4) is 0 Å². The van der Waals surface area contributed by atoms with Gasteiger partial charge in [0.15, 0.2) is 4.96 Å². The quantitative estimate of drug-likeness (QED) is 0.578. The van der Waals surface area contributed by atoms with Crippen molar-refractivity contribution < 1.29 is 19.1 Å². The van der Waals surface area contributed by atoms with Crippen LogP contribution >= 0.6 is 11.3 Å². The van der Waals surface area contributed by atoms with Crippen LogP contribution in [0.2, 0.25) is 0 Å². The Labute approximate surface area is 158 Å². The van der Waals surface area contributed by atoms with E-state index in [1.807, 2.05) is 0 Å². The molecule has 27 heavy (non-hydrogen) atoms. The third-order valence-corrected chi connectivity index (χ3v) is 6.08. The third kappa shape index (κ3) is 3.05. The minimum absolute atomic E-state index is 0.185. The lowest BCUT2D eigenvalue weighted by molar-refractivity contribution is -0.159. The van der Waals surface area contributed by atoms with Gasteiger partial charge in [0.05, 0.1) is 17.5 Å². The number of imide groups is 1. The number of thiazole rings is 1. The fourth-order valence-corrected chi connectivity index (χ4v) is 4.64. The van der Waals surface area contributed by atoms with Crippen LogP contribution in [0.1, 0.15) is 38.3 Å². The molecule has 1 saturated carbocycles. The molecule has 1 aliphatic heterocycles. The minimum atomic E-state index is -0.984. The van der Waals surface area contributed by atoms with Crippen molar-refractivity contribution in [1.82, 2.24) is 14.3 Å². The summed E-state index contributed by atoms with van der Waals surface area (Å²) in [5.41, 5.74) is 0.0741. The number of aromatic nitrogens is 2. The van der Waals surface area contributed by atoms with Crippen LogP contribution in [0.25, 0.3) is 4.96 Å². The topological polar surface area (TPSA) is 98.1 Å². The van der Waals surface area contributed by atoms with Gasteiger partial charge in [0, 0.05) is 17.6 Å². The number of rotatable bonds is 4. The molecule has 1 aliphatic carbocycles. The van der Waals surface area contributed by atoms with Crippen molar-refractivity contribution >= 4 is 34.1 Å². The highest BCUT2D eigenvalue weighted by atomic mass is 32.1. The summed E-state index contributed by atoms with van der Waals surface area (Å²) in [5, 5.41) is 1.74. The third-order valence-electron chi connectivity index (χ3n) is 5.32. The zero-order valence-electron chi connectivity index (χ0n) is 14.8. The maximum absolute atomic E-state index is 12.6. The van der Waals surface area contributed by atoms with Gasteiger partial charge in [-0.1, -0.05) is 12.8 Å². The fourth-order valence-electron chi connectivity index (χ4n) is 3.90. The Morgan fingerprint density at radius 1 is 1.26 bits per heavy atom. The van der Waals surface area contributed by atoms with E-state index in [1.165, 1.54) is 28.7 Å². The fraction of sp³-hybridized carbons (Fsp3) is 0.500. The van der Waals surface area contributed by atoms with Gasteiger partial charge in [-0.3, -0.25) is 23.7 Å². The lowest BCUT2D eigenvalue weighted by Crippen LogP contribution is -2.44. The lowest BCUT2D eigenvalue weighted by Gasteiger charge is -2.21. The number of ether oxygens (including phenoxy) is 1. The summed E-state index contributed by atoms with van der Waals surface area (Å²) in [6.07, 6.45) is 4.88. The number of hydrogen-bond donors (Lipinski definition) is 0. The molecule has 2 aromatic heterocycles. The molecule has 1 saturated heterocycles. The summed E-state index contributed by atoms with van der Waals surface area (Å²) < 4.78 is 6.65. The van der Waals surface area contributed by atoms with E-state index in [0.29, 0.717) is 23.5 Å². The second-order valence-electron chi connectivity index (χ2n) is 6.97. The molecule has 0 radical (unpaired) electrons. The number of esters is 1. The normalized spacial score (nSPS) is 23.5. The van der Waals surface area contributed by atoms with E-state index >= 15 is 0 Å². The van der Waals surface area contributed by atoms with E-state index in [1.54, 1.807) is 11.6 Å². The molecular formula is C18H19N3O5S. The summed E-state index contributed by atoms with van der Waals surface area (Å²) >= 11 is 1.30. The Morgan fingerprint density at radius 3 is 2.59 bits per heavy atom. The van der Waals surface area contributed by atoms with Crippen LogP contribution in [-0.4, -0.2) is 38.1 Å². The van der Waals surface area contributed by atoms with Crippen molar-refractivity contribution in [2.75, 3.05) is 0 Å². The number of carbonyl (C=O) groups excluding carboxylic acids is 3. The van der Waals surface area contributed by atoms with E-state index < -0.39 is 12.0 Å². The van der Waals surface area contributed by atoms with Gasteiger partial charge in [-0.05, 0) is 19.8 Å². The SMILES string of the molecule is C[C@@H](C(=O)OCc1cc(=O)n2ccsc2n1)N1C(=O)[C@H]2CCCC[C@@H]2C1=O. The van der Waals surface area contributed by atoms with Crippen molar-refractivity contribution in [2.45, 2.75) is 45.3 Å². The number of fused-ring (bicyclic) bond motifs is 2. The summed E-state index contributed by atoms with van der Waals surface area (Å²) in [6, 6.07) is 0.320. The summed E-state index contributed by atoms with van der Waals surface area (Å²) in [5.74, 6) is -1.83. The van der Waals surface area contributed by atoms with Gasteiger partial charge >= 0.3 is 5.97 Å². The van der Waals surface area contributed by atoms with Gasteiger partial charge in [0.1, 0.15) is 12.6 Å². The molecule has 3 heterocycles. The molecule has 0 N–H and O–H groups in total. The maximum atomic E-state index is 12.6. The second kappa shape index (κ2) is 6.88. The Balaban J connectivity index is 1.45. The molecule has 0 aromatic carbocycles. The van der Waals surface area contributed by atoms with Gasteiger partial charge < -0.3 is 4.74 Å². The molecule has 4 rings (SSSR count). The summed E-state index contributed by atoms with van der Waals surface area (Å²) in [4.78, 5) is 55.4. The highest BCUT2D eigenvalue weighted by Crippen LogP contribution is 2.38. The van der Waals surface area contributed by atoms with Crippen LogP contribution in [0.4, 0.5) is 0 Å². The predicted molar refractivity (Wildman–Crippen MR) is 95.9 cm³/mol. The zero-order chi connectivity index (χ0) is 19.1. The zero-order valence-corrected chi connectivity index (χ0v) is 15.6. The molecule has 3 atom stereocenters. The lowest BCUT2D eigenvalue weighted by atomic mass is 9.81. The first-order valence-electron chi connectivity index (χ1n) is 8.96. The average molecular weight is 389 g/mol. The van der Waals surface area contributed by atoms with Crippen molar-refractivity contribution in [2.24, 2.45) is 11.8 Å². The van der Waals surface area contributed by atoms with E-state index in [0.717, 1.165) is 17.7 Å². The molecule has 0 unspecified atom stereocenters. The average Bonchev–Trinajstić information content (AvgIpc) is 3.23. The number of carbonyl (C=O) groups is 3. The van der Waals surface area contributed by atoms with E-state index in [9.17, 15) is 19.2 Å². The molecule has 8 nitrogen and oxygen atoms in total.